The Hall–Kier alpha value is -0.590. The minimum absolute atomic E-state index is 0.0437. The molecule has 6 heteroatoms. The molecule has 16 heavy (non-hydrogen) atoms. The van der Waals surface area contributed by atoms with Crippen molar-refractivity contribution in [3.8, 4) is 0 Å². The molecule has 0 amide bonds. The first-order chi connectivity index (χ1) is 7.68. The Labute approximate surface area is 106 Å². The zero-order chi connectivity index (χ0) is 11.5. The number of thioether (sulfide) groups is 1. The van der Waals surface area contributed by atoms with Crippen LogP contribution in [0.4, 0.5) is 5.69 Å². The highest BCUT2D eigenvalue weighted by Gasteiger charge is 2.24. The Morgan fingerprint density at radius 1 is 1.56 bits per heavy atom. The highest BCUT2D eigenvalue weighted by Crippen LogP contribution is 2.36. The number of rotatable bonds is 2. The van der Waals surface area contributed by atoms with Crippen LogP contribution in [-0.4, -0.2) is 17.2 Å². The minimum atomic E-state index is -0.322. The lowest BCUT2D eigenvalue weighted by molar-refractivity contribution is -0.385. The lowest BCUT2D eigenvalue weighted by atomic mass is 10.1. The van der Waals surface area contributed by atoms with Crippen molar-refractivity contribution in [3.05, 3.63) is 38.3 Å². The third kappa shape index (κ3) is 2.56. The molecule has 1 atom stereocenters. The van der Waals surface area contributed by atoms with E-state index in [1.165, 1.54) is 0 Å². The van der Waals surface area contributed by atoms with Gasteiger partial charge in [0.2, 0.25) is 0 Å². The molecular formula is C10H11BrN2O2S. The second-order valence-electron chi connectivity index (χ2n) is 3.52. The van der Waals surface area contributed by atoms with Crippen LogP contribution < -0.4 is 5.32 Å². The van der Waals surface area contributed by atoms with Gasteiger partial charge in [0.25, 0.3) is 5.69 Å². The van der Waals surface area contributed by atoms with Gasteiger partial charge in [-0.3, -0.25) is 10.1 Å². The normalized spacial score (nSPS) is 20.7. The van der Waals surface area contributed by atoms with Gasteiger partial charge in [-0.25, -0.2) is 0 Å². The zero-order valence-corrected chi connectivity index (χ0v) is 10.9. The van der Waals surface area contributed by atoms with E-state index in [0.717, 1.165) is 28.8 Å². The number of nitrogens with one attached hydrogen (secondary N) is 1. The van der Waals surface area contributed by atoms with E-state index in [1.54, 1.807) is 17.8 Å². The van der Waals surface area contributed by atoms with E-state index in [-0.39, 0.29) is 16.0 Å². The van der Waals surface area contributed by atoms with E-state index in [9.17, 15) is 10.1 Å². The van der Waals surface area contributed by atoms with Crippen molar-refractivity contribution in [2.45, 2.75) is 11.8 Å². The van der Waals surface area contributed by atoms with Crippen LogP contribution >= 0.6 is 27.7 Å². The quantitative estimate of drug-likeness (QED) is 0.674. The molecule has 1 aliphatic rings. The van der Waals surface area contributed by atoms with Crippen LogP contribution in [0.2, 0.25) is 0 Å². The van der Waals surface area contributed by atoms with Crippen molar-refractivity contribution < 1.29 is 4.92 Å². The molecule has 1 aliphatic heterocycles. The molecule has 0 aromatic heterocycles. The van der Waals surface area contributed by atoms with Crippen LogP contribution in [0.15, 0.2) is 22.7 Å². The fourth-order valence-corrected chi connectivity index (χ4v) is 3.17. The molecule has 0 saturated carbocycles. The Bertz CT molecular complexity index is 408. The highest BCUT2D eigenvalue weighted by atomic mass is 79.9. The van der Waals surface area contributed by atoms with Gasteiger partial charge in [0.1, 0.15) is 0 Å². The van der Waals surface area contributed by atoms with Gasteiger partial charge in [0, 0.05) is 10.5 Å². The Balaban J connectivity index is 2.34. The second kappa shape index (κ2) is 5.16. The van der Waals surface area contributed by atoms with Gasteiger partial charge >= 0.3 is 0 Å². The molecule has 2 rings (SSSR count). The zero-order valence-electron chi connectivity index (χ0n) is 8.48. The van der Waals surface area contributed by atoms with Crippen LogP contribution in [0.5, 0.6) is 0 Å². The van der Waals surface area contributed by atoms with Gasteiger partial charge in [0.05, 0.1) is 15.9 Å². The summed E-state index contributed by atoms with van der Waals surface area (Å²) in [6, 6.07) is 5.23. The van der Waals surface area contributed by atoms with Crippen molar-refractivity contribution in [2.75, 3.05) is 12.3 Å². The Morgan fingerprint density at radius 2 is 2.38 bits per heavy atom. The lowest BCUT2D eigenvalue weighted by Crippen LogP contribution is -2.25. The maximum Gasteiger partial charge on any atom is 0.276 e. The lowest BCUT2D eigenvalue weighted by Gasteiger charge is -2.23. The van der Waals surface area contributed by atoms with Crippen LogP contribution in [0, 0.1) is 10.1 Å². The third-order valence-corrected chi connectivity index (χ3v) is 4.18. The number of hydrogen-bond acceptors (Lipinski definition) is 4. The minimum Gasteiger partial charge on any atom is -0.301 e. The molecule has 0 bridgehead atoms. The predicted molar refractivity (Wildman–Crippen MR) is 68.6 cm³/mol. The van der Waals surface area contributed by atoms with Crippen molar-refractivity contribution in [1.82, 2.24) is 5.32 Å². The summed E-state index contributed by atoms with van der Waals surface area (Å²) in [5.41, 5.74) is 0.944. The van der Waals surface area contributed by atoms with Crippen molar-refractivity contribution >= 4 is 33.4 Å². The fraction of sp³-hybridized carbons (Fsp3) is 0.400. The number of nitro groups is 1. The average molecular weight is 303 g/mol. The predicted octanol–water partition coefficient (Wildman–Crippen LogP) is 3.08. The molecule has 1 heterocycles. The molecular weight excluding hydrogens is 292 g/mol. The summed E-state index contributed by atoms with van der Waals surface area (Å²) in [5, 5.41) is 14.3. The van der Waals surface area contributed by atoms with E-state index in [4.69, 9.17) is 0 Å². The number of nitrogens with zero attached hydrogens (tertiary/aromatic N) is 1. The smallest absolute Gasteiger partial charge is 0.276 e. The fourth-order valence-electron chi connectivity index (χ4n) is 1.66. The Kier molecular flexibility index (Phi) is 3.83. The molecule has 86 valence electrons. The van der Waals surface area contributed by atoms with E-state index in [1.807, 2.05) is 12.1 Å². The topological polar surface area (TPSA) is 55.2 Å². The van der Waals surface area contributed by atoms with Crippen molar-refractivity contribution in [1.29, 1.82) is 0 Å². The van der Waals surface area contributed by atoms with Crippen LogP contribution in [0.3, 0.4) is 0 Å². The molecule has 1 unspecified atom stereocenters. The monoisotopic (exact) mass is 302 g/mol. The van der Waals surface area contributed by atoms with E-state index >= 15 is 0 Å². The summed E-state index contributed by atoms with van der Waals surface area (Å²) in [7, 11) is 0. The molecule has 1 aromatic rings. The summed E-state index contributed by atoms with van der Waals surface area (Å²) in [5.74, 6) is 1.05. The summed E-state index contributed by atoms with van der Waals surface area (Å²) in [6.07, 6.45) is 1.12. The first-order valence-corrected chi connectivity index (χ1v) is 6.81. The maximum atomic E-state index is 11.0. The largest absolute Gasteiger partial charge is 0.301 e. The Morgan fingerprint density at radius 3 is 3.00 bits per heavy atom. The first kappa shape index (κ1) is 11.9. The molecule has 1 saturated heterocycles. The number of benzene rings is 1. The summed E-state index contributed by atoms with van der Waals surface area (Å²) < 4.78 is 0.740. The molecule has 0 aliphatic carbocycles. The van der Waals surface area contributed by atoms with Gasteiger partial charge < -0.3 is 5.32 Å². The van der Waals surface area contributed by atoms with Crippen LogP contribution in [0.1, 0.15) is 17.4 Å². The van der Waals surface area contributed by atoms with Gasteiger partial charge in [-0.2, -0.15) is 0 Å². The molecule has 1 aromatic carbocycles. The molecule has 0 spiro atoms. The molecule has 4 nitrogen and oxygen atoms in total. The van der Waals surface area contributed by atoms with E-state index < -0.39 is 0 Å². The van der Waals surface area contributed by atoms with Crippen molar-refractivity contribution in [2.24, 2.45) is 0 Å². The first-order valence-electron chi connectivity index (χ1n) is 4.97. The van der Waals surface area contributed by atoms with Gasteiger partial charge in [0.15, 0.2) is 0 Å². The van der Waals surface area contributed by atoms with E-state index in [0.29, 0.717) is 0 Å². The highest BCUT2D eigenvalue weighted by molar-refractivity contribution is 9.10. The summed E-state index contributed by atoms with van der Waals surface area (Å²) >= 11 is 4.98. The number of halogens is 1. The second-order valence-corrected chi connectivity index (χ2v) is 5.65. The maximum absolute atomic E-state index is 11.0. The third-order valence-electron chi connectivity index (χ3n) is 2.41. The van der Waals surface area contributed by atoms with Crippen LogP contribution in [-0.2, 0) is 0 Å². The SMILES string of the molecule is O=[N+]([O-])c1cc(Br)ccc1C1NCCCS1. The summed E-state index contributed by atoms with van der Waals surface area (Å²) in [4.78, 5) is 10.6. The van der Waals surface area contributed by atoms with Gasteiger partial charge in [-0.15, -0.1) is 11.8 Å². The molecule has 1 fully saturated rings. The van der Waals surface area contributed by atoms with Gasteiger partial charge in [-0.1, -0.05) is 15.9 Å². The standard InChI is InChI=1S/C10H11BrN2O2S/c11-7-2-3-8(9(6-7)13(14)15)10-12-4-1-5-16-10/h2-3,6,10,12H,1,4-5H2. The van der Waals surface area contributed by atoms with Gasteiger partial charge in [-0.05, 0) is 30.9 Å². The van der Waals surface area contributed by atoms with Crippen molar-refractivity contribution in [3.63, 3.8) is 0 Å². The van der Waals surface area contributed by atoms with Crippen LogP contribution in [0.25, 0.3) is 0 Å². The summed E-state index contributed by atoms with van der Waals surface area (Å²) in [6.45, 7) is 0.922. The average Bonchev–Trinajstić information content (AvgIpc) is 2.30. The molecule has 0 radical (unpaired) electrons. The number of hydrogen-bond donors (Lipinski definition) is 1. The molecule has 1 N–H and O–H groups in total. The number of nitro benzene ring substituents is 1. The van der Waals surface area contributed by atoms with E-state index in [2.05, 4.69) is 21.2 Å².